The van der Waals surface area contributed by atoms with Crippen molar-refractivity contribution < 1.29 is 0 Å². The van der Waals surface area contributed by atoms with Gasteiger partial charge in [-0.2, -0.15) is 0 Å². The molecule has 94 valence electrons. The van der Waals surface area contributed by atoms with E-state index in [1.165, 1.54) is 5.56 Å². The van der Waals surface area contributed by atoms with Crippen molar-refractivity contribution in [3.05, 3.63) is 51.6 Å². The molecule has 0 aliphatic heterocycles. The molecule has 0 aliphatic carbocycles. The summed E-state index contributed by atoms with van der Waals surface area (Å²) >= 11 is 9.38. The number of hydrogen-bond acceptors (Lipinski definition) is 2. The maximum Gasteiger partial charge on any atom is 0.147 e. The molecule has 2 nitrogen and oxygen atoms in total. The first kappa shape index (κ1) is 13.4. The second-order valence-electron chi connectivity index (χ2n) is 4.04. The van der Waals surface area contributed by atoms with Gasteiger partial charge >= 0.3 is 0 Å². The molecule has 0 radical (unpaired) electrons. The molecule has 2 rings (SSSR count). The quantitative estimate of drug-likeness (QED) is 0.803. The van der Waals surface area contributed by atoms with Gasteiger partial charge in [0.1, 0.15) is 5.82 Å². The second-order valence-corrected chi connectivity index (χ2v) is 5.33. The van der Waals surface area contributed by atoms with Gasteiger partial charge in [0.2, 0.25) is 0 Å². The highest BCUT2D eigenvalue weighted by molar-refractivity contribution is 9.10. The first-order chi connectivity index (χ1) is 8.61. The van der Waals surface area contributed by atoms with Crippen LogP contribution in [0.2, 0.25) is 5.02 Å². The Morgan fingerprint density at radius 1 is 1.28 bits per heavy atom. The highest BCUT2D eigenvalue weighted by Crippen LogP contribution is 2.30. The van der Waals surface area contributed by atoms with Crippen molar-refractivity contribution in [2.24, 2.45) is 0 Å². The van der Waals surface area contributed by atoms with Crippen molar-refractivity contribution in [2.75, 3.05) is 11.9 Å². The summed E-state index contributed by atoms with van der Waals surface area (Å²) in [6.07, 6.45) is 2.70. The van der Waals surface area contributed by atoms with Gasteiger partial charge in [-0.1, -0.05) is 30.7 Å². The SMILES string of the molecule is CCc1ccc(N(C)c2ncc(Cl)cc2Br)cc1. The number of aromatic nitrogens is 1. The molecule has 2 aromatic rings. The first-order valence-electron chi connectivity index (χ1n) is 5.75. The zero-order valence-corrected chi connectivity index (χ0v) is 12.7. The van der Waals surface area contributed by atoms with Crippen molar-refractivity contribution >= 4 is 39.0 Å². The number of halogens is 2. The maximum absolute atomic E-state index is 5.90. The van der Waals surface area contributed by atoms with Gasteiger partial charge in [0.05, 0.1) is 9.50 Å². The van der Waals surface area contributed by atoms with Crippen LogP contribution in [-0.4, -0.2) is 12.0 Å². The van der Waals surface area contributed by atoms with Crippen LogP contribution in [0.25, 0.3) is 0 Å². The minimum absolute atomic E-state index is 0.625. The van der Waals surface area contributed by atoms with Gasteiger partial charge in [-0.05, 0) is 46.1 Å². The van der Waals surface area contributed by atoms with E-state index in [0.29, 0.717) is 5.02 Å². The number of hydrogen-bond donors (Lipinski definition) is 0. The number of aryl methyl sites for hydroxylation is 1. The summed E-state index contributed by atoms with van der Waals surface area (Å²) in [6.45, 7) is 2.15. The first-order valence-corrected chi connectivity index (χ1v) is 6.92. The topological polar surface area (TPSA) is 16.1 Å². The summed E-state index contributed by atoms with van der Waals surface area (Å²) in [7, 11) is 1.99. The Hall–Kier alpha value is -1.06. The average molecular weight is 326 g/mol. The summed E-state index contributed by atoms with van der Waals surface area (Å²) in [5, 5.41) is 0.625. The Morgan fingerprint density at radius 3 is 2.50 bits per heavy atom. The molecular weight excluding hydrogens is 312 g/mol. The zero-order valence-electron chi connectivity index (χ0n) is 10.3. The third-order valence-electron chi connectivity index (χ3n) is 2.84. The molecule has 1 aromatic carbocycles. The van der Waals surface area contributed by atoms with Gasteiger partial charge in [-0.3, -0.25) is 0 Å². The van der Waals surface area contributed by atoms with E-state index >= 15 is 0 Å². The molecule has 0 atom stereocenters. The summed E-state index contributed by atoms with van der Waals surface area (Å²) < 4.78 is 0.886. The lowest BCUT2D eigenvalue weighted by atomic mass is 10.1. The Balaban J connectivity index is 2.31. The number of anilines is 2. The second kappa shape index (κ2) is 5.72. The van der Waals surface area contributed by atoms with Crippen LogP contribution in [0.1, 0.15) is 12.5 Å². The van der Waals surface area contributed by atoms with Crippen LogP contribution in [-0.2, 0) is 6.42 Å². The molecule has 0 saturated carbocycles. The van der Waals surface area contributed by atoms with E-state index < -0.39 is 0 Å². The molecular formula is C14H14BrClN2. The van der Waals surface area contributed by atoms with Crippen LogP contribution in [0.3, 0.4) is 0 Å². The molecule has 0 bridgehead atoms. The van der Waals surface area contributed by atoms with Gasteiger partial charge in [0, 0.05) is 18.9 Å². The van der Waals surface area contributed by atoms with Crippen molar-refractivity contribution in [3.8, 4) is 0 Å². The standard InChI is InChI=1S/C14H14BrClN2/c1-3-10-4-6-12(7-5-10)18(2)14-13(15)8-11(16)9-17-14/h4-9H,3H2,1-2H3. The summed E-state index contributed by atoms with van der Waals surface area (Å²) in [5.41, 5.74) is 2.43. The fourth-order valence-corrected chi connectivity index (χ4v) is 2.64. The smallest absolute Gasteiger partial charge is 0.147 e. The monoisotopic (exact) mass is 324 g/mol. The molecule has 0 fully saturated rings. The lowest BCUT2D eigenvalue weighted by Gasteiger charge is -2.20. The predicted octanol–water partition coefficient (Wildman–Crippen LogP) is 4.83. The van der Waals surface area contributed by atoms with Crippen LogP contribution in [0.4, 0.5) is 11.5 Å². The van der Waals surface area contributed by atoms with Gasteiger partial charge < -0.3 is 4.90 Å². The fourth-order valence-electron chi connectivity index (χ4n) is 1.73. The molecule has 4 heteroatoms. The normalized spacial score (nSPS) is 10.4. The molecule has 0 saturated heterocycles. The van der Waals surface area contributed by atoms with Crippen LogP contribution >= 0.6 is 27.5 Å². The summed E-state index contributed by atoms with van der Waals surface area (Å²) in [6, 6.07) is 10.3. The van der Waals surface area contributed by atoms with E-state index in [0.717, 1.165) is 22.4 Å². The molecule has 1 aromatic heterocycles. The lowest BCUT2D eigenvalue weighted by Crippen LogP contribution is -2.11. The Morgan fingerprint density at radius 2 is 1.94 bits per heavy atom. The van der Waals surface area contributed by atoms with Gasteiger partial charge in [0.25, 0.3) is 0 Å². The number of nitrogens with zero attached hydrogens (tertiary/aromatic N) is 2. The van der Waals surface area contributed by atoms with Crippen molar-refractivity contribution in [2.45, 2.75) is 13.3 Å². The van der Waals surface area contributed by atoms with Crippen molar-refractivity contribution in [3.63, 3.8) is 0 Å². The highest BCUT2D eigenvalue weighted by Gasteiger charge is 2.09. The Labute approximate surface area is 121 Å². The average Bonchev–Trinajstić information content (AvgIpc) is 2.38. The van der Waals surface area contributed by atoms with Crippen LogP contribution < -0.4 is 4.90 Å². The zero-order chi connectivity index (χ0) is 13.1. The van der Waals surface area contributed by atoms with Gasteiger partial charge in [0.15, 0.2) is 0 Å². The van der Waals surface area contributed by atoms with E-state index in [-0.39, 0.29) is 0 Å². The molecule has 1 heterocycles. The van der Waals surface area contributed by atoms with Crippen LogP contribution in [0.15, 0.2) is 41.0 Å². The largest absolute Gasteiger partial charge is 0.329 e. The predicted molar refractivity (Wildman–Crippen MR) is 80.8 cm³/mol. The summed E-state index contributed by atoms with van der Waals surface area (Å²) in [5.74, 6) is 0.851. The van der Waals surface area contributed by atoms with E-state index in [9.17, 15) is 0 Å². The maximum atomic E-state index is 5.90. The minimum atomic E-state index is 0.625. The fraction of sp³-hybridized carbons (Fsp3) is 0.214. The van der Waals surface area contributed by atoms with E-state index in [1.807, 2.05) is 18.0 Å². The van der Waals surface area contributed by atoms with E-state index in [2.05, 4.69) is 52.1 Å². The van der Waals surface area contributed by atoms with E-state index in [4.69, 9.17) is 11.6 Å². The molecule has 0 amide bonds. The van der Waals surface area contributed by atoms with E-state index in [1.54, 1.807) is 6.20 Å². The van der Waals surface area contributed by atoms with Gasteiger partial charge in [-0.15, -0.1) is 0 Å². The minimum Gasteiger partial charge on any atom is -0.329 e. The van der Waals surface area contributed by atoms with Crippen molar-refractivity contribution in [1.82, 2.24) is 4.98 Å². The highest BCUT2D eigenvalue weighted by atomic mass is 79.9. The Bertz CT molecular complexity index is 540. The van der Waals surface area contributed by atoms with Crippen LogP contribution in [0.5, 0.6) is 0 Å². The number of benzene rings is 1. The molecule has 0 unspecified atom stereocenters. The molecule has 0 spiro atoms. The van der Waals surface area contributed by atoms with Crippen LogP contribution in [0, 0.1) is 0 Å². The summed E-state index contributed by atoms with van der Waals surface area (Å²) in [4.78, 5) is 6.37. The van der Waals surface area contributed by atoms with Crippen molar-refractivity contribution in [1.29, 1.82) is 0 Å². The molecule has 0 N–H and O–H groups in total. The third kappa shape index (κ3) is 2.85. The number of pyridine rings is 1. The van der Waals surface area contributed by atoms with Gasteiger partial charge in [-0.25, -0.2) is 4.98 Å². The molecule has 0 aliphatic rings. The number of rotatable bonds is 3. The molecule has 18 heavy (non-hydrogen) atoms. The Kier molecular flexibility index (Phi) is 4.25. The lowest BCUT2D eigenvalue weighted by molar-refractivity contribution is 1.10. The third-order valence-corrected chi connectivity index (χ3v) is 3.63.